The number of aromatic nitrogens is 3. The molecular formula is C22H23N5OS. The molecule has 148 valence electrons. The summed E-state index contributed by atoms with van der Waals surface area (Å²) in [5.41, 5.74) is 4.04. The van der Waals surface area contributed by atoms with Crippen LogP contribution < -0.4 is 5.32 Å². The van der Waals surface area contributed by atoms with Gasteiger partial charge in [-0.25, -0.2) is 0 Å². The summed E-state index contributed by atoms with van der Waals surface area (Å²) in [5.74, 6) is -0.0345. The van der Waals surface area contributed by atoms with Gasteiger partial charge < -0.3 is 4.57 Å². The van der Waals surface area contributed by atoms with Crippen LogP contribution in [0.3, 0.4) is 0 Å². The molecule has 29 heavy (non-hydrogen) atoms. The Hall–Kier alpha value is -3.24. The first-order chi connectivity index (χ1) is 13.9. The highest BCUT2D eigenvalue weighted by Gasteiger charge is 2.15. The van der Waals surface area contributed by atoms with Gasteiger partial charge >= 0.3 is 0 Å². The Morgan fingerprint density at radius 3 is 2.62 bits per heavy atom. The van der Waals surface area contributed by atoms with Crippen molar-refractivity contribution in [2.75, 3.05) is 5.32 Å². The molecule has 0 atom stereocenters. The van der Waals surface area contributed by atoms with E-state index in [1.54, 1.807) is 6.08 Å². The summed E-state index contributed by atoms with van der Waals surface area (Å²) < 4.78 is 1.99. The molecule has 0 fully saturated rings. The van der Waals surface area contributed by atoms with Gasteiger partial charge in [0.2, 0.25) is 5.13 Å². The number of carbonyl (C=O) groups is 1. The summed E-state index contributed by atoms with van der Waals surface area (Å²) in [7, 11) is 0. The number of amides is 1. The Bertz CT molecular complexity index is 1080. The fourth-order valence-corrected chi connectivity index (χ4v) is 4.04. The zero-order valence-corrected chi connectivity index (χ0v) is 17.7. The Labute approximate surface area is 174 Å². The minimum atomic E-state index is -0.492. The van der Waals surface area contributed by atoms with E-state index in [9.17, 15) is 10.1 Å². The molecular weight excluding hydrogens is 382 g/mol. The van der Waals surface area contributed by atoms with Gasteiger partial charge in [0.05, 0.1) is 5.69 Å². The average Bonchev–Trinajstić information content (AvgIpc) is 3.28. The summed E-state index contributed by atoms with van der Waals surface area (Å²) in [6.45, 7) is 8.28. The smallest absolute Gasteiger partial charge is 0.268 e. The van der Waals surface area contributed by atoms with Crippen LogP contribution in [0.4, 0.5) is 5.13 Å². The number of hydrogen-bond donors (Lipinski definition) is 1. The molecule has 0 aliphatic heterocycles. The predicted octanol–water partition coefficient (Wildman–Crippen LogP) is 4.69. The molecule has 0 aliphatic carbocycles. The number of rotatable bonds is 6. The number of para-hydroxylation sites is 1. The lowest BCUT2D eigenvalue weighted by Crippen LogP contribution is -2.13. The highest BCUT2D eigenvalue weighted by Crippen LogP contribution is 2.23. The molecule has 2 heterocycles. The zero-order valence-electron chi connectivity index (χ0n) is 16.9. The second kappa shape index (κ2) is 8.84. The highest BCUT2D eigenvalue weighted by atomic mass is 32.1. The molecule has 7 heteroatoms. The number of aryl methyl sites for hydroxylation is 2. The van der Waals surface area contributed by atoms with Gasteiger partial charge in [-0.15, -0.1) is 10.2 Å². The standard InChI is InChI=1S/C22H23N5OS/c1-14(2)11-19-25-26-22(29-19)24-21(28)17(13-23)12-18-9-6-10-27(18)20-15(3)7-5-8-16(20)4/h5-10,12,14H,11H2,1-4H3,(H,24,26,28)/b17-12-. The van der Waals surface area contributed by atoms with E-state index >= 15 is 0 Å². The van der Waals surface area contributed by atoms with Crippen LogP contribution in [-0.4, -0.2) is 20.7 Å². The summed E-state index contributed by atoms with van der Waals surface area (Å²) >= 11 is 1.33. The van der Waals surface area contributed by atoms with E-state index in [1.807, 2.05) is 61.0 Å². The van der Waals surface area contributed by atoms with Gasteiger partial charge in [-0.3, -0.25) is 10.1 Å². The minimum absolute atomic E-state index is 0.0109. The first kappa shape index (κ1) is 20.5. The Kier molecular flexibility index (Phi) is 6.25. The van der Waals surface area contributed by atoms with Gasteiger partial charge in [0.15, 0.2) is 0 Å². The SMILES string of the molecule is Cc1cccc(C)c1-n1cccc1/C=C(/C#N)C(=O)Nc1nnc(CC(C)C)s1. The number of nitrogens with one attached hydrogen (secondary N) is 1. The van der Waals surface area contributed by atoms with Crippen LogP contribution >= 0.6 is 11.3 Å². The Balaban J connectivity index is 1.86. The molecule has 0 radical (unpaired) electrons. The zero-order chi connectivity index (χ0) is 21.0. The third-order valence-corrected chi connectivity index (χ3v) is 5.25. The highest BCUT2D eigenvalue weighted by molar-refractivity contribution is 7.15. The van der Waals surface area contributed by atoms with Gasteiger partial charge in [0.25, 0.3) is 5.91 Å². The Morgan fingerprint density at radius 2 is 1.97 bits per heavy atom. The molecule has 3 rings (SSSR count). The van der Waals surface area contributed by atoms with Crippen molar-refractivity contribution >= 4 is 28.5 Å². The number of carbonyl (C=O) groups excluding carboxylic acids is 1. The van der Waals surface area contributed by atoms with Crippen LogP contribution in [0.25, 0.3) is 11.8 Å². The molecule has 0 saturated heterocycles. The number of hydrogen-bond acceptors (Lipinski definition) is 5. The van der Waals surface area contributed by atoms with Crippen molar-refractivity contribution in [2.24, 2.45) is 5.92 Å². The van der Waals surface area contributed by atoms with Gasteiger partial charge in [-0.2, -0.15) is 5.26 Å². The van der Waals surface area contributed by atoms with E-state index in [2.05, 4.69) is 29.4 Å². The maximum absolute atomic E-state index is 12.6. The molecule has 0 saturated carbocycles. The first-order valence-corrected chi connectivity index (χ1v) is 10.2. The number of anilines is 1. The molecule has 0 bridgehead atoms. The van der Waals surface area contributed by atoms with Crippen LogP contribution in [0.1, 0.15) is 35.7 Å². The van der Waals surface area contributed by atoms with E-state index < -0.39 is 5.91 Å². The van der Waals surface area contributed by atoms with E-state index in [0.717, 1.165) is 33.9 Å². The largest absolute Gasteiger partial charge is 0.317 e. The normalized spacial score (nSPS) is 11.5. The summed E-state index contributed by atoms with van der Waals surface area (Å²) in [5, 5.41) is 21.6. The van der Waals surface area contributed by atoms with Gasteiger partial charge in [0.1, 0.15) is 16.6 Å². The number of nitriles is 1. The molecule has 6 nitrogen and oxygen atoms in total. The monoisotopic (exact) mass is 405 g/mol. The maximum Gasteiger partial charge on any atom is 0.268 e. The van der Waals surface area contributed by atoms with Crippen LogP contribution in [0.2, 0.25) is 0 Å². The second-order valence-corrected chi connectivity index (χ2v) is 8.33. The van der Waals surface area contributed by atoms with Gasteiger partial charge in [-0.1, -0.05) is 43.4 Å². The molecule has 0 unspecified atom stereocenters. The fourth-order valence-electron chi connectivity index (χ4n) is 3.10. The van der Waals surface area contributed by atoms with Crippen molar-refractivity contribution in [1.29, 1.82) is 5.26 Å². The quantitative estimate of drug-likeness (QED) is 0.476. The Morgan fingerprint density at radius 1 is 1.24 bits per heavy atom. The van der Waals surface area contributed by atoms with Crippen molar-refractivity contribution in [3.63, 3.8) is 0 Å². The number of nitrogens with zero attached hydrogens (tertiary/aromatic N) is 4. The second-order valence-electron chi connectivity index (χ2n) is 7.27. The third kappa shape index (κ3) is 4.79. The van der Waals surface area contributed by atoms with E-state index in [0.29, 0.717) is 11.0 Å². The molecule has 0 aliphatic rings. The van der Waals surface area contributed by atoms with Crippen LogP contribution in [0.15, 0.2) is 42.1 Å². The lowest BCUT2D eigenvalue weighted by Gasteiger charge is -2.13. The first-order valence-electron chi connectivity index (χ1n) is 9.38. The van der Waals surface area contributed by atoms with E-state index in [-0.39, 0.29) is 5.57 Å². The van der Waals surface area contributed by atoms with Gasteiger partial charge in [-0.05, 0) is 49.1 Å². The summed E-state index contributed by atoms with van der Waals surface area (Å²) in [6, 6.07) is 11.9. The minimum Gasteiger partial charge on any atom is -0.317 e. The topological polar surface area (TPSA) is 83.6 Å². The lowest BCUT2D eigenvalue weighted by molar-refractivity contribution is -0.112. The summed E-state index contributed by atoms with van der Waals surface area (Å²) in [4.78, 5) is 12.6. The van der Waals surface area contributed by atoms with Gasteiger partial charge in [0, 0.05) is 18.3 Å². The maximum atomic E-state index is 12.6. The molecule has 2 aromatic heterocycles. The van der Waals surface area contributed by atoms with Crippen LogP contribution in [0, 0.1) is 31.1 Å². The van der Waals surface area contributed by atoms with Crippen molar-refractivity contribution in [3.05, 3.63) is 63.9 Å². The van der Waals surface area contributed by atoms with Crippen molar-refractivity contribution < 1.29 is 4.79 Å². The molecule has 1 amide bonds. The summed E-state index contributed by atoms with van der Waals surface area (Å²) in [6.07, 6.45) is 4.33. The van der Waals surface area contributed by atoms with E-state index in [4.69, 9.17) is 0 Å². The fraction of sp³-hybridized carbons (Fsp3) is 0.273. The molecule has 3 aromatic rings. The predicted molar refractivity (Wildman–Crippen MR) is 116 cm³/mol. The molecule has 0 spiro atoms. The molecule has 1 aromatic carbocycles. The van der Waals surface area contributed by atoms with Crippen molar-refractivity contribution in [1.82, 2.24) is 14.8 Å². The number of benzene rings is 1. The average molecular weight is 406 g/mol. The molecule has 1 N–H and O–H groups in total. The van der Waals surface area contributed by atoms with Crippen LogP contribution in [0.5, 0.6) is 0 Å². The van der Waals surface area contributed by atoms with Crippen molar-refractivity contribution in [3.8, 4) is 11.8 Å². The van der Waals surface area contributed by atoms with E-state index in [1.165, 1.54) is 11.3 Å². The van der Waals surface area contributed by atoms with Crippen molar-refractivity contribution in [2.45, 2.75) is 34.1 Å². The van der Waals surface area contributed by atoms with Crippen LogP contribution in [-0.2, 0) is 11.2 Å². The third-order valence-electron chi connectivity index (χ3n) is 4.39. The lowest BCUT2D eigenvalue weighted by atomic mass is 10.1.